The van der Waals surface area contributed by atoms with E-state index in [1.54, 1.807) is 37.4 Å². The third kappa shape index (κ3) is 4.49. The van der Waals surface area contributed by atoms with Crippen molar-refractivity contribution in [2.45, 2.75) is 6.54 Å². The Labute approximate surface area is 155 Å². The zero-order valence-electron chi connectivity index (χ0n) is 14.2. The number of anilines is 1. The first-order valence-electron chi connectivity index (χ1n) is 8.02. The topological polar surface area (TPSA) is 67.4 Å². The number of amides is 2. The minimum Gasteiger partial charge on any atom is -0.497 e. The highest BCUT2D eigenvalue weighted by Gasteiger charge is 2.09. The Hall–Kier alpha value is -3.12. The molecule has 1 heterocycles. The van der Waals surface area contributed by atoms with Gasteiger partial charge in [0.05, 0.1) is 12.0 Å². The molecule has 0 fully saturated rings. The number of carbonyl (C=O) groups is 2. The van der Waals surface area contributed by atoms with Gasteiger partial charge in [0.1, 0.15) is 5.75 Å². The fraction of sp³-hybridized carbons (Fsp3) is 0.100. The predicted molar refractivity (Wildman–Crippen MR) is 103 cm³/mol. The lowest BCUT2D eigenvalue weighted by Gasteiger charge is -2.08. The van der Waals surface area contributed by atoms with E-state index < -0.39 is 0 Å². The molecule has 3 rings (SSSR count). The van der Waals surface area contributed by atoms with Crippen molar-refractivity contribution in [3.8, 4) is 5.75 Å². The summed E-state index contributed by atoms with van der Waals surface area (Å²) in [5.41, 5.74) is 2.13. The van der Waals surface area contributed by atoms with Gasteiger partial charge in [-0.3, -0.25) is 9.59 Å². The molecule has 0 aliphatic rings. The van der Waals surface area contributed by atoms with Gasteiger partial charge in [-0.05, 0) is 53.4 Å². The summed E-state index contributed by atoms with van der Waals surface area (Å²) in [5, 5.41) is 7.53. The molecule has 2 N–H and O–H groups in total. The van der Waals surface area contributed by atoms with Crippen LogP contribution in [0.5, 0.6) is 5.75 Å². The molecular formula is C20H18N2O3S. The van der Waals surface area contributed by atoms with Gasteiger partial charge >= 0.3 is 0 Å². The molecule has 1 aromatic heterocycles. The van der Waals surface area contributed by atoms with Crippen LogP contribution < -0.4 is 15.4 Å². The molecule has 0 unspecified atom stereocenters. The van der Waals surface area contributed by atoms with Crippen molar-refractivity contribution in [3.05, 3.63) is 82.0 Å². The van der Waals surface area contributed by atoms with Crippen molar-refractivity contribution in [1.29, 1.82) is 0 Å². The molecule has 0 spiro atoms. The quantitative estimate of drug-likeness (QED) is 0.694. The summed E-state index contributed by atoms with van der Waals surface area (Å²) in [5.74, 6) is 0.418. The summed E-state index contributed by atoms with van der Waals surface area (Å²) in [6, 6.07) is 17.9. The second-order valence-electron chi connectivity index (χ2n) is 5.54. The standard InChI is InChI=1S/C20H18N2O3S/c1-25-17-5-2-4-14(12-17)13-21-19(23)15-7-9-16(10-8-15)22-20(24)18-6-3-11-26-18/h2-12H,13H2,1H3,(H,21,23)(H,22,24). The molecule has 26 heavy (non-hydrogen) atoms. The third-order valence-electron chi connectivity index (χ3n) is 3.74. The highest BCUT2D eigenvalue weighted by atomic mass is 32.1. The van der Waals surface area contributed by atoms with Crippen molar-refractivity contribution >= 4 is 28.8 Å². The first-order valence-corrected chi connectivity index (χ1v) is 8.90. The van der Waals surface area contributed by atoms with Gasteiger partial charge in [-0.15, -0.1) is 11.3 Å². The Morgan fingerprint density at radius 3 is 2.50 bits per heavy atom. The molecule has 5 nitrogen and oxygen atoms in total. The maximum atomic E-state index is 12.3. The number of nitrogens with one attached hydrogen (secondary N) is 2. The molecule has 0 saturated heterocycles. The largest absolute Gasteiger partial charge is 0.497 e. The van der Waals surface area contributed by atoms with E-state index in [0.29, 0.717) is 22.7 Å². The lowest BCUT2D eigenvalue weighted by atomic mass is 10.1. The normalized spacial score (nSPS) is 10.2. The molecule has 0 atom stereocenters. The Kier molecular flexibility index (Phi) is 5.66. The van der Waals surface area contributed by atoms with Crippen molar-refractivity contribution in [3.63, 3.8) is 0 Å². The summed E-state index contributed by atoms with van der Waals surface area (Å²) >= 11 is 1.38. The summed E-state index contributed by atoms with van der Waals surface area (Å²) in [6.45, 7) is 0.410. The highest BCUT2D eigenvalue weighted by molar-refractivity contribution is 7.12. The predicted octanol–water partition coefficient (Wildman–Crippen LogP) is 3.94. The van der Waals surface area contributed by atoms with E-state index in [0.717, 1.165) is 11.3 Å². The molecular weight excluding hydrogens is 348 g/mol. The fourth-order valence-corrected chi connectivity index (χ4v) is 2.99. The van der Waals surface area contributed by atoms with Crippen molar-refractivity contribution in [2.75, 3.05) is 12.4 Å². The molecule has 2 amide bonds. The number of methoxy groups -OCH3 is 1. The Morgan fingerprint density at radius 2 is 1.81 bits per heavy atom. The van der Waals surface area contributed by atoms with E-state index in [9.17, 15) is 9.59 Å². The number of hydrogen-bond acceptors (Lipinski definition) is 4. The van der Waals surface area contributed by atoms with E-state index in [4.69, 9.17) is 4.74 Å². The van der Waals surface area contributed by atoms with Gasteiger partial charge in [0.15, 0.2) is 0 Å². The molecule has 6 heteroatoms. The number of thiophene rings is 1. The van der Waals surface area contributed by atoms with Gasteiger partial charge in [-0.1, -0.05) is 18.2 Å². The van der Waals surface area contributed by atoms with Gasteiger partial charge in [0.25, 0.3) is 11.8 Å². The van der Waals surface area contributed by atoms with Gasteiger partial charge < -0.3 is 15.4 Å². The van der Waals surface area contributed by atoms with Crippen LogP contribution in [0.3, 0.4) is 0 Å². The summed E-state index contributed by atoms with van der Waals surface area (Å²) in [6.07, 6.45) is 0. The first-order chi connectivity index (χ1) is 12.7. The summed E-state index contributed by atoms with van der Waals surface area (Å²) < 4.78 is 5.17. The maximum Gasteiger partial charge on any atom is 0.265 e. The number of carbonyl (C=O) groups excluding carboxylic acids is 2. The molecule has 0 aliphatic carbocycles. The van der Waals surface area contributed by atoms with Gasteiger partial charge in [0.2, 0.25) is 0 Å². The lowest BCUT2D eigenvalue weighted by molar-refractivity contribution is 0.0950. The lowest BCUT2D eigenvalue weighted by Crippen LogP contribution is -2.22. The molecule has 0 saturated carbocycles. The van der Waals surface area contributed by atoms with Gasteiger partial charge in [-0.2, -0.15) is 0 Å². The molecule has 0 aliphatic heterocycles. The maximum absolute atomic E-state index is 12.3. The first kappa shape index (κ1) is 17.7. The zero-order chi connectivity index (χ0) is 18.4. The average molecular weight is 366 g/mol. The smallest absolute Gasteiger partial charge is 0.265 e. The van der Waals surface area contributed by atoms with Crippen LogP contribution in [0.4, 0.5) is 5.69 Å². The van der Waals surface area contributed by atoms with Crippen LogP contribution in [0, 0.1) is 0 Å². The minimum atomic E-state index is -0.177. The number of benzene rings is 2. The molecule has 132 valence electrons. The van der Waals surface area contributed by atoms with Crippen LogP contribution in [-0.4, -0.2) is 18.9 Å². The van der Waals surface area contributed by atoms with E-state index in [2.05, 4.69) is 10.6 Å². The number of ether oxygens (including phenoxy) is 1. The van der Waals surface area contributed by atoms with E-state index in [-0.39, 0.29) is 11.8 Å². The molecule has 0 bridgehead atoms. The monoisotopic (exact) mass is 366 g/mol. The molecule has 2 aromatic carbocycles. The second-order valence-corrected chi connectivity index (χ2v) is 6.49. The summed E-state index contributed by atoms with van der Waals surface area (Å²) in [4.78, 5) is 24.9. The summed E-state index contributed by atoms with van der Waals surface area (Å²) in [7, 11) is 1.61. The number of hydrogen-bond donors (Lipinski definition) is 2. The SMILES string of the molecule is COc1cccc(CNC(=O)c2ccc(NC(=O)c3cccs3)cc2)c1. The Bertz CT molecular complexity index is 890. The van der Waals surface area contributed by atoms with Crippen LogP contribution in [0.2, 0.25) is 0 Å². The second kappa shape index (κ2) is 8.31. The van der Waals surface area contributed by atoms with Gasteiger partial charge in [-0.25, -0.2) is 0 Å². The van der Waals surface area contributed by atoms with Crippen LogP contribution in [0.15, 0.2) is 66.0 Å². The molecule has 3 aromatic rings. The Balaban J connectivity index is 1.57. The third-order valence-corrected chi connectivity index (χ3v) is 4.61. The van der Waals surface area contributed by atoms with E-state index >= 15 is 0 Å². The van der Waals surface area contributed by atoms with Crippen LogP contribution in [-0.2, 0) is 6.54 Å². The van der Waals surface area contributed by atoms with E-state index in [1.807, 2.05) is 35.7 Å². The minimum absolute atomic E-state index is 0.157. The Morgan fingerprint density at radius 1 is 1.00 bits per heavy atom. The van der Waals surface area contributed by atoms with Crippen LogP contribution in [0.1, 0.15) is 25.6 Å². The average Bonchev–Trinajstić information content (AvgIpc) is 3.22. The fourth-order valence-electron chi connectivity index (χ4n) is 2.37. The molecule has 0 radical (unpaired) electrons. The zero-order valence-corrected chi connectivity index (χ0v) is 15.0. The van der Waals surface area contributed by atoms with E-state index in [1.165, 1.54) is 11.3 Å². The highest BCUT2D eigenvalue weighted by Crippen LogP contribution is 2.15. The number of rotatable bonds is 6. The van der Waals surface area contributed by atoms with Crippen LogP contribution in [0.25, 0.3) is 0 Å². The van der Waals surface area contributed by atoms with Crippen molar-refractivity contribution in [1.82, 2.24) is 5.32 Å². The van der Waals surface area contributed by atoms with Crippen molar-refractivity contribution in [2.24, 2.45) is 0 Å². The van der Waals surface area contributed by atoms with Crippen LogP contribution >= 0.6 is 11.3 Å². The van der Waals surface area contributed by atoms with Crippen molar-refractivity contribution < 1.29 is 14.3 Å². The van der Waals surface area contributed by atoms with Gasteiger partial charge in [0, 0.05) is 17.8 Å².